The van der Waals surface area contributed by atoms with E-state index in [-0.39, 0.29) is 0 Å². The molecule has 112 valence electrons. The maximum atomic E-state index is 5.01. The minimum Gasteiger partial charge on any atom is -0.377 e. The van der Waals surface area contributed by atoms with Crippen LogP contribution in [0.4, 0.5) is 0 Å². The van der Waals surface area contributed by atoms with Gasteiger partial charge in [0, 0.05) is 49.8 Å². The predicted octanol–water partition coefficient (Wildman–Crippen LogP) is 1.86. The van der Waals surface area contributed by atoms with Crippen LogP contribution in [-0.2, 0) is 24.4 Å². The Morgan fingerprint density at radius 2 is 2.05 bits per heavy atom. The van der Waals surface area contributed by atoms with Crippen molar-refractivity contribution in [1.29, 1.82) is 0 Å². The zero-order chi connectivity index (χ0) is 14.7. The van der Waals surface area contributed by atoms with Gasteiger partial charge in [0.1, 0.15) is 6.61 Å². The van der Waals surface area contributed by atoms with Gasteiger partial charge in [0.15, 0.2) is 5.82 Å². The average molecular weight is 287 g/mol. The number of hydrogen-bond acceptors (Lipinski definition) is 5. The highest BCUT2D eigenvalue weighted by molar-refractivity contribution is 5.17. The zero-order valence-corrected chi connectivity index (χ0v) is 12.5. The molecule has 1 N–H and O–H groups in total. The van der Waals surface area contributed by atoms with Crippen LogP contribution >= 0.6 is 0 Å². The van der Waals surface area contributed by atoms with E-state index >= 15 is 0 Å². The molecule has 1 fully saturated rings. The van der Waals surface area contributed by atoms with Gasteiger partial charge in [-0.05, 0) is 26.0 Å². The second-order valence-electron chi connectivity index (χ2n) is 5.71. The molecular formula is C15H21N5O. The summed E-state index contributed by atoms with van der Waals surface area (Å²) in [7, 11) is 3.73. The van der Waals surface area contributed by atoms with Crippen molar-refractivity contribution in [2.24, 2.45) is 0 Å². The van der Waals surface area contributed by atoms with Gasteiger partial charge in [-0.15, -0.1) is 0 Å². The van der Waals surface area contributed by atoms with Gasteiger partial charge in [0.25, 0.3) is 0 Å². The smallest absolute Gasteiger partial charge is 0.153 e. The van der Waals surface area contributed by atoms with E-state index in [4.69, 9.17) is 4.74 Å². The highest BCUT2D eigenvalue weighted by atomic mass is 16.5. The Morgan fingerprint density at radius 3 is 2.71 bits per heavy atom. The van der Waals surface area contributed by atoms with Gasteiger partial charge in [-0.3, -0.25) is 10.00 Å². The zero-order valence-electron chi connectivity index (χ0n) is 12.5. The van der Waals surface area contributed by atoms with Crippen LogP contribution < -0.4 is 0 Å². The van der Waals surface area contributed by atoms with Crippen molar-refractivity contribution in [1.82, 2.24) is 25.1 Å². The van der Waals surface area contributed by atoms with Gasteiger partial charge in [0.2, 0.25) is 0 Å². The number of ether oxygens (including phenoxy) is 1. The van der Waals surface area contributed by atoms with E-state index < -0.39 is 0 Å². The molecule has 6 nitrogen and oxygen atoms in total. The van der Waals surface area contributed by atoms with Crippen molar-refractivity contribution >= 4 is 0 Å². The van der Waals surface area contributed by atoms with Crippen LogP contribution in [0.2, 0.25) is 0 Å². The third-order valence-electron chi connectivity index (χ3n) is 3.57. The number of hydrogen-bond donors (Lipinski definition) is 1. The van der Waals surface area contributed by atoms with Crippen LogP contribution in [-0.4, -0.2) is 39.2 Å². The Morgan fingerprint density at radius 1 is 1.29 bits per heavy atom. The average Bonchev–Trinajstić information content (AvgIpc) is 3.22. The summed E-state index contributed by atoms with van der Waals surface area (Å²) < 4.78 is 5.01. The van der Waals surface area contributed by atoms with Crippen molar-refractivity contribution in [3.63, 3.8) is 0 Å². The summed E-state index contributed by atoms with van der Waals surface area (Å²) in [6, 6.07) is 2.19. The summed E-state index contributed by atoms with van der Waals surface area (Å²) in [5.41, 5.74) is 3.47. The molecule has 2 heterocycles. The standard InChI is InChI=1S/C15H21N5O/c1-20(8-11-6-16-15(10-21-2)17-7-11)9-13-5-14(19-18-13)12-3-4-12/h5-7,12H,3-4,8-10H2,1-2H3,(H,18,19). The summed E-state index contributed by atoms with van der Waals surface area (Å²) in [6.45, 7) is 2.11. The van der Waals surface area contributed by atoms with Crippen LogP contribution in [0.5, 0.6) is 0 Å². The predicted molar refractivity (Wildman–Crippen MR) is 78.5 cm³/mol. The summed E-state index contributed by atoms with van der Waals surface area (Å²) in [6.07, 6.45) is 6.29. The molecule has 0 bridgehead atoms. The van der Waals surface area contributed by atoms with E-state index in [1.807, 2.05) is 12.4 Å². The van der Waals surface area contributed by atoms with E-state index in [2.05, 4.69) is 38.2 Å². The molecule has 21 heavy (non-hydrogen) atoms. The summed E-state index contributed by atoms with van der Waals surface area (Å²) in [4.78, 5) is 10.8. The molecule has 1 saturated carbocycles. The van der Waals surface area contributed by atoms with E-state index in [1.165, 1.54) is 18.5 Å². The maximum Gasteiger partial charge on any atom is 0.153 e. The molecule has 3 rings (SSSR count). The first-order chi connectivity index (χ1) is 10.2. The van der Waals surface area contributed by atoms with E-state index in [0.29, 0.717) is 18.3 Å². The number of nitrogens with zero attached hydrogens (tertiary/aromatic N) is 4. The first-order valence-corrected chi connectivity index (χ1v) is 7.26. The van der Waals surface area contributed by atoms with Crippen molar-refractivity contribution in [2.45, 2.75) is 38.5 Å². The third-order valence-corrected chi connectivity index (χ3v) is 3.57. The lowest BCUT2D eigenvalue weighted by molar-refractivity contribution is 0.177. The van der Waals surface area contributed by atoms with Gasteiger partial charge in [-0.1, -0.05) is 0 Å². The van der Waals surface area contributed by atoms with Gasteiger partial charge < -0.3 is 4.74 Å². The molecule has 0 atom stereocenters. The Hall–Kier alpha value is -1.79. The van der Waals surface area contributed by atoms with Gasteiger partial charge in [-0.2, -0.15) is 5.10 Å². The Balaban J connectivity index is 1.53. The Kier molecular flexibility index (Phi) is 4.26. The molecule has 2 aromatic heterocycles. The number of aromatic amines is 1. The largest absolute Gasteiger partial charge is 0.377 e. The number of rotatable bonds is 7. The molecular weight excluding hydrogens is 266 g/mol. The van der Waals surface area contributed by atoms with Gasteiger partial charge in [0.05, 0.1) is 5.69 Å². The van der Waals surface area contributed by atoms with E-state index in [1.54, 1.807) is 7.11 Å². The minimum absolute atomic E-state index is 0.453. The molecule has 2 aromatic rings. The topological polar surface area (TPSA) is 66.9 Å². The molecule has 0 aliphatic heterocycles. The van der Waals surface area contributed by atoms with E-state index in [0.717, 1.165) is 24.3 Å². The third kappa shape index (κ3) is 3.86. The molecule has 0 aromatic carbocycles. The van der Waals surface area contributed by atoms with Crippen LogP contribution in [0.15, 0.2) is 18.5 Å². The molecule has 1 aliphatic carbocycles. The van der Waals surface area contributed by atoms with Gasteiger partial charge >= 0.3 is 0 Å². The molecule has 0 amide bonds. The Bertz CT molecular complexity index is 576. The fraction of sp³-hybridized carbons (Fsp3) is 0.533. The molecule has 6 heteroatoms. The van der Waals surface area contributed by atoms with Crippen molar-refractivity contribution < 1.29 is 4.74 Å². The number of H-pyrrole nitrogens is 1. The highest BCUT2D eigenvalue weighted by Crippen LogP contribution is 2.39. The fourth-order valence-electron chi connectivity index (χ4n) is 2.37. The first-order valence-electron chi connectivity index (χ1n) is 7.26. The lowest BCUT2D eigenvalue weighted by Crippen LogP contribution is -2.18. The number of aromatic nitrogens is 4. The number of nitrogens with one attached hydrogen (secondary N) is 1. The Labute approximate surface area is 124 Å². The summed E-state index contributed by atoms with van der Waals surface area (Å²) >= 11 is 0. The van der Waals surface area contributed by atoms with Crippen LogP contribution in [0.25, 0.3) is 0 Å². The lowest BCUT2D eigenvalue weighted by Gasteiger charge is -2.15. The van der Waals surface area contributed by atoms with E-state index in [9.17, 15) is 0 Å². The van der Waals surface area contributed by atoms with Gasteiger partial charge in [-0.25, -0.2) is 9.97 Å². The molecule has 0 unspecified atom stereocenters. The second-order valence-corrected chi connectivity index (χ2v) is 5.71. The summed E-state index contributed by atoms with van der Waals surface area (Å²) in [5.74, 6) is 1.41. The molecule has 1 aliphatic rings. The SMILES string of the molecule is COCc1ncc(CN(C)Cc2cc(C3CC3)n[nH]2)cn1. The fourth-order valence-corrected chi connectivity index (χ4v) is 2.37. The first kappa shape index (κ1) is 14.2. The molecule has 0 saturated heterocycles. The normalized spacial score (nSPS) is 14.8. The lowest BCUT2D eigenvalue weighted by atomic mass is 10.2. The summed E-state index contributed by atoms with van der Waals surface area (Å²) in [5, 5.41) is 7.51. The molecule has 0 spiro atoms. The van der Waals surface area contributed by atoms with Crippen LogP contribution in [0.3, 0.4) is 0 Å². The minimum atomic E-state index is 0.453. The molecule has 0 radical (unpaired) electrons. The van der Waals surface area contributed by atoms with Crippen LogP contribution in [0.1, 0.15) is 41.5 Å². The quantitative estimate of drug-likeness (QED) is 0.842. The van der Waals surface area contributed by atoms with Crippen LogP contribution in [0, 0.1) is 0 Å². The number of methoxy groups -OCH3 is 1. The maximum absolute atomic E-state index is 5.01. The monoisotopic (exact) mass is 287 g/mol. The van der Waals surface area contributed by atoms with Crippen molar-refractivity contribution in [2.75, 3.05) is 14.2 Å². The highest BCUT2D eigenvalue weighted by Gasteiger charge is 2.26. The van der Waals surface area contributed by atoms with Crippen molar-refractivity contribution in [3.8, 4) is 0 Å². The second kappa shape index (κ2) is 6.32. The van der Waals surface area contributed by atoms with Crippen molar-refractivity contribution in [3.05, 3.63) is 41.2 Å².